The van der Waals surface area contributed by atoms with E-state index in [0.29, 0.717) is 36.7 Å². The van der Waals surface area contributed by atoms with Gasteiger partial charge in [0.15, 0.2) is 0 Å². The van der Waals surface area contributed by atoms with Gasteiger partial charge in [-0.05, 0) is 39.1 Å². The highest BCUT2D eigenvalue weighted by atomic mass is 16.5. The SMILES string of the molecule is CN(C)C[C@H]1[C@@H]2CC[C@@]3(CN(C(=O)c4cnc5ccccn5c4=O)C[C@@H]13)O2. The Hall–Kier alpha value is -2.25. The highest BCUT2D eigenvalue weighted by molar-refractivity contribution is 5.94. The van der Waals surface area contributed by atoms with Crippen molar-refractivity contribution >= 4 is 11.6 Å². The van der Waals surface area contributed by atoms with Crippen LogP contribution in [0.3, 0.4) is 0 Å². The van der Waals surface area contributed by atoms with Crippen molar-refractivity contribution in [3.8, 4) is 0 Å². The Kier molecular flexibility index (Phi) is 3.67. The molecule has 2 aromatic rings. The summed E-state index contributed by atoms with van der Waals surface area (Å²) in [7, 11) is 4.16. The monoisotopic (exact) mass is 368 g/mol. The van der Waals surface area contributed by atoms with Crippen LogP contribution in [0.25, 0.3) is 5.65 Å². The third-order valence-corrected chi connectivity index (χ3v) is 6.49. The summed E-state index contributed by atoms with van der Waals surface area (Å²) in [5.74, 6) is 0.561. The lowest BCUT2D eigenvalue weighted by molar-refractivity contribution is 0.00253. The molecule has 27 heavy (non-hydrogen) atoms. The van der Waals surface area contributed by atoms with Gasteiger partial charge in [0.05, 0.1) is 18.2 Å². The lowest BCUT2D eigenvalue weighted by atomic mass is 9.73. The van der Waals surface area contributed by atoms with Crippen molar-refractivity contribution in [1.82, 2.24) is 19.2 Å². The lowest BCUT2D eigenvalue weighted by Gasteiger charge is -2.30. The average Bonchev–Trinajstić information content (AvgIpc) is 3.31. The van der Waals surface area contributed by atoms with E-state index in [-0.39, 0.29) is 22.6 Å². The second kappa shape index (κ2) is 5.87. The molecule has 0 aromatic carbocycles. The molecule has 2 bridgehead atoms. The molecule has 7 nitrogen and oxygen atoms in total. The van der Waals surface area contributed by atoms with Gasteiger partial charge in [0.25, 0.3) is 11.5 Å². The van der Waals surface area contributed by atoms with Crippen molar-refractivity contribution in [1.29, 1.82) is 0 Å². The molecule has 2 aromatic heterocycles. The summed E-state index contributed by atoms with van der Waals surface area (Å²) in [6.07, 6.45) is 5.45. The van der Waals surface area contributed by atoms with Crippen LogP contribution < -0.4 is 5.56 Å². The molecule has 142 valence electrons. The summed E-state index contributed by atoms with van der Waals surface area (Å²) >= 11 is 0. The van der Waals surface area contributed by atoms with Gasteiger partial charge < -0.3 is 14.5 Å². The molecule has 7 heteroatoms. The van der Waals surface area contributed by atoms with E-state index in [4.69, 9.17) is 4.74 Å². The Morgan fingerprint density at radius 3 is 3.07 bits per heavy atom. The van der Waals surface area contributed by atoms with Gasteiger partial charge >= 0.3 is 0 Å². The number of ether oxygens (including phenoxy) is 1. The predicted molar refractivity (Wildman–Crippen MR) is 99.7 cm³/mol. The van der Waals surface area contributed by atoms with Crippen LogP contribution in [0.15, 0.2) is 35.4 Å². The number of rotatable bonds is 3. The minimum Gasteiger partial charge on any atom is -0.369 e. The molecule has 0 saturated carbocycles. The zero-order valence-electron chi connectivity index (χ0n) is 15.7. The molecule has 3 saturated heterocycles. The first-order valence-corrected chi connectivity index (χ1v) is 9.57. The fourth-order valence-corrected chi connectivity index (χ4v) is 5.35. The quantitative estimate of drug-likeness (QED) is 0.805. The molecular weight excluding hydrogens is 344 g/mol. The van der Waals surface area contributed by atoms with Crippen LogP contribution in [-0.4, -0.2) is 70.5 Å². The smallest absolute Gasteiger partial charge is 0.270 e. The minimum atomic E-state index is -0.310. The highest BCUT2D eigenvalue weighted by Crippen LogP contribution is 2.55. The van der Waals surface area contributed by atoms with Crippen LogP contribution >= 0.6 is 0 Å². The Morgan fingerprint density at radius 2 is 2.26 bits per heavy atom. The molecule has 0 aliphatic carbocycles. The number of nitrogens with zero attached hydrogens (tertiary/aromatic N) is 4. The van der Waals surface area contributed by atoms with E-state index in [2.05, 4.69) is 24.0 Å². The molecule has 0 radical (unpaired) electrons. The van der Waals surface area contributed by atoms with Crippen LogP contribution in [0.1, 0.15) is 23.2 Å². The normalized spacial score (nSPS) is 31.8. The number of amides is 1. The molecule has 1 spiro atoms. The third-order valence-electron chi connectivity index (χ3n) is 6.49. The standard InChI is InChI=1S/C20H24N4O3/c1-22(2)10-14-15-11-23(12-20(15)7-6-16(14)27-20)18(25)13-9-21-17-5-3-4-8-24(17)19(13)26/h3-5,8-9,14-16H,6-7,10-12H2,1-2H3/t14-,15+,16+,20+/m1/s1. The Bertz CT molecular complexity index is 971. The van der Waals surface area contributed by atoms with Gasteiger partial charge in [-0.1, -0.05) is 6.07 Å². The van der Waals surface area contributed by atoms with Gasteiger partial charge in [-0.25, -0.2) is 4.98 Å². The molecule has 4 atom stereocenters. The minimum absolute atomic E-state index is 0.133. The van der Waals surface area contributed by atoms with Gasteiger partial charge in [-0.2, -0.15) is 0 Å². The third kappa shape index (κ3) is 2.45. The van der Waals surface area contributed by atoms with E-state index >= 15 is 0 Å². The lowest BCUT2D eigenvalue weighted by Crippen LogP contribution is -2.40. The Balaban J connectivity index is 1.45. The van der Waals surface area contributed by atoms with E-state index < -0.39 is 0 Å². The predicted octanol–water partition coefficient (Wildman–Crippen LogP) is 0.876. The van der Waals surface area contributed by atoms with Crippen molar-refractivity contribution in [2.24, 2.45) is 11.8 Å². The molecular formula is C20H24N4O3. The maximum Gasteiger partial charge on any atom is 0.270 e. The van der Waals surface area contributed by atoms with Crippen LogP contribution in [0, 0.1) is 11.8 Å². The van der Waals surface area contributed by atoms with Gasteiger partial charge in [0, 0.05) is 37.3 Å². The highest BCUT2D eigenvalue weighted by Gasteiger charge is 2.63. The summed E-state index contributed by atoms with van der Waals surface area (Å²) < 4.78 is 7.82. The molecule has 3 fully saturated rings. The average molecular weight is 368 g/mol. The second-order valence-electron chi connectivity index (χ2n) is 8.38. The number of carbonyl (C=O) groups excluding carboxylic acids is 1. The first kappa shape index (κ1) is 16.9. The van der Waals surface area contributed by atoms with Gasteiger partial charge in [0.1, 0.15) is 11.2 Å². The zero-order chi connectivity index (χ0) is 18.8. The summed E-state index contributed by atoms with van der Waals surface area (Å²) in [6, 6.07) is 5.35. The van der Waals surface area contributed by atoms with E-state index in [9.17, 15) is 9.59 Å². The summed E-state index contributed by atoms with van der Waals surface area (Å²) in [5.41, 5.74) is 0.148. The van der Waals surface area contributed by atoms with E-state index in [1.807, 2.05) is 11.0 Å². The van der Waals surface area contributed by atoms with Gasteiger partial charge in [-0.15, -0.1) is 0 Å². The number of carbonyl (C=O) groups is 1. The van der Waals surface area contributed by atoms with E-state index in [0.717, 1.165) is 19.4 Å². The maximum absolute atomic E-state index is 13.1. The fraction of sp³-hybridized carbons (Fsp3) is 0.550. The number of pyridine rings is 1. The first-order valence-electron chi connectivity index (χ1n) is 9.57. The largest absolute Gasteiger partial charge is 0.369 e. The van der Waals surface area contributed by atoms with Crippen LogP contribution in [0.4, 0.5) is 0 Å². The molecule has 0 unspecified atom stereocenters. The molecule has 5 rings (SSSR count). The van der Waals surface area contributed by atoms with Crippen molar-refractivity contribution in [3.05, 3.63) is 46.5 Å². The van der Waals surface area contributed by atoms with Crippen molar-refractivity contribution in [2.45, 2.75) is 24.5 Å². The number of likely N-dealkylation sites (tertiary alicyclic amines) is 1. The van der Waals surface area contributed by atoms with E-state index in [1.165, 1.54) is 10.6 Å². The van der Waals surface area contributed by atoms with Gasteiger partial charge in [0.2, 0.25) is 0 Å². The summed E-state index contributed by atoms with van der Waals surface area (Å²) in [6.45, 7) is 2.21. The number of hydrogen-bond acceptors (Lipinski definition) is 5. The topological polar surface area (TPSA) is 67.1 Å². The fourth-order valence-electron chi connectivity index (χ4n) is 5.35. The van der Waals surface area contributed by atoms with E-state index in [1.54, 1.807) is 18.3 Å². The van der Waals surface area contributed by atoms with Crippen LogP contribution in [-0.2, 0) is 4.74 Å². The maximum atomic E-state index is 13.1. The van der Waals surface area contributed by atoms with Crippen molar-refractivity contribution < 1.29 is 9.53 Å². The number of fused-ring (bicyclic) bond motifs is 2. The molecule has 3 aliphatic rings. The summed E-state index contributed by atoms with van der Waals surface area (Å²) in [5, 5.41) is 0. The molecule has 5 heterocycles. The van der Waals surface area contributed by atoms with Gasteiger partial charge in [-0.3, -0.25) is 14.0 Å². The Labute approximate surface area is 157 Å². The molecule has 1 amide bonds. The van der Waals surface area contributed by atoms with Crippen LogP contribution in [0.5, 0.6) is 0 Å². The molecule has 0 N–H and O–H groups in total. The summed E-state index contributed by atoms with van der Waals surface area (Å²) in [4.78, 5) is 34.2. The van der Waals surface area contributed by atoms with Crippen LogP contribution in [0.2, 0.25) is 0 Å². The van der Waals surface area contributed by atoms with Crippen molar-refractivity contribution in [2.75, 3.05) is 33.7 Å². The first-order chi connectivity index (χ1) is 13.0. The molecule has 3 aliphatic heterocycles. The zero-order valence-corrected chi connectivity index (χ0v) is 15.7. The Morgan fingerprint density at radius 1 is 1.41 bits per heavy atom. The number of hydrogen-bond donors (Lipinski definition) is 0. The number of aromatic nitrogens is 2. The second-order valence-corrected chi connectivity index (χ2v) is 8.38. The van der Waals surface area contributed by atoms with Crippen molar-refractivity contribution in [3.63, 3.8) is 0 Å².